The van der Waals surface area contributed by atoms with Crippen molar-refractivity contribution in [3.63, 3.8) is 0 Å². The minimum absolute atomic E-state index is 0.0724. The van der Waals surface area contributed by atoms with Gasteiger partial charge in [0.2, 0.25) is 0 Å². The number of aryl methyl sites for hydroxylation is 1. The fourth-order valence-corrected chi connectivity index (χ4v) is 2.95. The van der Waals surface area contributed by atoms with Gasteiger partial charge in [-0.05, 0) is 48.7 Å². The number of carbonyl (C=O) groups excluding carboxylic acids is 2. The van der Waals surface area contributed by atoms with E-state index in [9.17, 15) is 9.59 Å². The number of benzene rings is 2. The van der Waals surface area contributed by atoms with Crippen molar-refractivity contribution in [1.82, 2.24) is 10.2 Å². The van der Waals surface area contributed by atoms with Gasteiger partial charge in [-0.25, -0.2) is 9.59 Å². The highest BCUT2D eigenvalue weighted by Gasteiger charge is 2.14. The zero-order valence-corrected chi connectivity index (χ0v) is 18.0. The molecule has 0 bridgehead atoms. The van der Waals surface area contributed by atoms with Crippen LogP contribution in [-0.4, -0.2) is 43.3 Å². The van der Waals surface area contributed by atoms with Gasteiger partial charge >= 0.3 is 12.1 Å². The molecule has 0 fully saturated rings. The third-order valence-electron chi connectivity index (χ3n) is 4.51. The smallest absolute Gasteiger partial charge is 0.411 e. The molecule has 0 saturated carbocycles. The summed E-state index contributed by atoms with van der Waals surface area (Å²) in [4.78, 5) is 26.1. The molecule has 0 atom stereocenters. The Morgan fingerprint density at radius 2 is 1.83 bits per heavy atom. The highest BCUT2D eigenvalue weighted by Crippen LogP contribution is 2.14. The molecule has 0 heterocycles. The van der Waals surface area contributed by atoms with Crippen LogP contribution in [0.5, 0.6) is 0 Å². The lowest BCUT2D eigenvalue weighted by atomic mass is 10.1. The minimum Gasteiger partial charge on any atom is -0.447 e. The van der Waals surface area contributed by atoms with E-state index in [2.05, 4.69) is 17.6 Å². The third-order valence-corrected chi connectivity index (χ3v) is 4.88. The number of nitrogens with zero attached hydrogens (tertiary/aromatic N) is 1. The van der Waals surface area contributed by atoms with Crippen LogP contribution < -0.4 is 16.4 Å². The normalized spacial score (nSPS) is 10.4. The maximum atomic E-state index is 12.5. The molecule has 0 unspecified atom stereocenters. The number of ether oxygens (including phenoxy) is 1. The van der Waals surface area contributed by atoms with Crippen molar-refractivity contribution in [2.24, 2.45) is 5.73 Å². The van der Waals surface area contributed by atoms with Gasteiger partial charge in [0, 0.05) is 23.8 Å². The lowest BCUT2D eigenvalue weighted by Crippen LogP contribution is -2.42. The van der Waals surface area contributed by atoms with E-state index in [1.54, 1.807) is 11.0 Å². The Morgan fingerprint density at radius 1 is 1.10 bits per heavy atom. The van der Waals surface area contributed by atoms with Gasteiger partial charge in [0.1, 0.15) is 6.61 Å². The molecule has 2 aromatic carbocycles. The molecular formula is C22H29ClN4O3. The number of anilines is 1. The summed E-state index contributed by atoms with van der Waals surface area (Å²) >= 11 is 6.13. The molecule has 0 spiro atoms. The average molecular weight is 433 g/mol. The topological polar surface area (TPSA) is 96.7 Å². The number of rotatable bonds is 10. The summed E-state index contributed by atoms with van der Waals surface area (Å²) in [5, 5.41) is 6.12. The summed E-state index contributed by atoms with van der Waals surface area (Å²) in [6, 6.07) is 14.6. The van der Waals surface area contributed by atoms with Crippen molar-refractivity contribution in [2.45, 2.75) is 26.3 Å². The molecule has 0 aliphatic carbocycles. The van der Waals surface area contributed by atoms with Gasteiger partial charge < -0.3 is 20.7 Å². The van der Waals surface area contributed by atoms with Crippen molar-refractivity contribution in [3.8, 4) is 0 Å². The van der Waals surface area contributed by atoms with E-state index in [0.717, 1.165) is 12.0 Å². The first-order chi connectivity index (χ1) is 14.5. The largest absolute Gasteiger partial charge is 0.447 e. The molecule has 4 N–H and O–H groups in total. The van der Waals surface area contributed by atoms with Crippen molar-refractivity contribution < 1.29 is 14.3 Å². The molecule has 2 rings (SSSR count). The zero-order valence-electron chi connectivity index (χ0n) is 17.2. The van der Waals surface area contributed by atoms with Crippen molar-refractivity contribution in [2.75, 3.05) is 31.6 Å². The molecular weight excluding hydrogens is 404 g/mol. The Hall–Kier alpha value is -2.77. The Balaban J connectivity index is 1.80. The van der Waals surface area contributed by atoms with Crippen LogP contribution in [0, 0.1) is 0 Å². The second kappa shape index (κ2) is 12.7. The highest BCUT2D eigenvalue weighted by atomic mass is 35.5. The van der Waals surface area contributed by atoms with Crippen molar-refractivity contribution in [1.29, 1.82) is 0 Å². The van der Waals surface area contributed by atoms with Crippen LogP contribution in [0.4, 0.5) is 15.3 Å². The molecule has 0 saturated heterocycles. The van der Waals surface area contributed by atoms with Crippen LogP contribution in [0.2, 0.25) is 5.02 Å². The maximum Gasteiger partial charge on any atom is 0.411 e. The second-order valence-corrected chi connectivity index (χ2v) is 7.10. The maximum absolute atomic E-state index is 12.5. The molecule has 0 radical (unpaired) electrons. The van der Waals surface area contributed by atoms with E-state index < -0.39 is 6.09 Å². The molecule has 30 heavy (non-hydrogen) atoms. The average Bonchev–Trinajstić information content (AvgIpc) is 2.75. The molecule has 162 valence electrons. The first kappa shape index (κ1) is 23.5. The number of halogens is 1. The molecule has 0 aliphatic heterocycles. The van der Waals surface area contributed by atoms with Crippen molar-refractivity contribution >= 4 is 29.4 Å². The number of urea groups is 1. The number of carbonyl (C=O) groups is 2. The van der Waals surface area contributed by atoms with E-state index in [1.165, 1.54) is 5.56 Å². The van der Waals surface area contributed by atoms with Crippen LogP contribution in [0.1, 0.15) is 24.5 Å². The fraction of sp³-hybridized carbons (Fsp3) is 0.364. The van der Waals surface area contributed by atoms with E-state index in [-0.39, 0.29) is 19.2 Å². The Bertz CT molecular complexity index is 814. The third kappa shape index (κ3) is 7.93. The number of hydrogen-bond donors (Lipinski definition) is 3. The summed E-state index contributed by atoms with van der Waals surface area (Å²) in [5.41, 5.74) is 8.25. The van der Waals surface area contributed by atoms with Crippen LogP contribution >= 0.6 is 11.6 Å². The van der Waals surface area contributed by atoms with E-state index in [4.69, 9.17) is 22.1 Å². The molecule has 0 aliphatic rings. The Kier molecular flexibility index (Phi) is 9.97. The second-order valence-electron chi connectivity index (χ2n) is 6.69. The van der Waals surface area contributed by atoms with E-state index in [1.807, 2.05) is 42.5 Å². The van der Waals surface area contributed by atoms with Gasteiger partial charge in [-0.15, -0.1) is 0 Å². The summed E-state index contributed by atoms with van der Waals surface area (Å²) in [5.74, 6) is 0. The zero-order chi connectivity index (χ0) is 21.8. The number of hydrogen-bond acceptors (Lipinski definition) is 4. The summed E-state index contributed by atoms with van der Waals surface area (Å²) in [6.07, 6.45) is 1.02. The summed E-state index contributed by atoms with van der Waals surface area (Å²) < 4.78 is 5.22. The summed E-state index contributed by atoms with van der Waals surface area (Å²) in [6.45, 7) is 3.64. The van der Waals surface area contributed by atoms with Crippen LogP contribution in [0.15, 0.2) is 48.5 Å². The van der Waals surface area contributed by atoms with Gasteiger partial charge in [-0.2, -0.15) is 0 Å². The highest BCUT2D eigenvalue weighted by molar-refractivity contribution is 6.31. The van der Waals surface area contributed by atoms with Gasteiger partial charge in [0.05, 0.1) is 6.54 Å². The van der Waals surface area contributed by atoms with E-state index in [0.29, 0.717) is 36.8 Å². The van der Waals surface area contributed by atoms with Gasteiger partial charge in [0.15, 0.2) is 0 Å². The standard InChI is InChI=1S/C22H29ClN4O3/c1-2-17-8-10-19(11-9-17)26-22(29)30-15-14-27(13-5-12-24)21(28)25-16-18-6-3-4-7-20(18)23/h3-4,6-11H,2,5,12-16,24H2,1H3,(H,25,28)(H,26,29). The minimum atomic E-state index is -0.561. The molecule has 0 aromatic heterocycles. The predicted molar refractivity (Wildman–Crippen MR) is 120 cm³/mol. The SMILES string of the molecule is CCc1ccc(NC(=O)OCCN(CCCN)C(=O)NCc2ccccc2Cl)cc1. The number of nitrogens with two attached hydrogens (primary N) is 1. The number of nitrogens with one attached hydrogen (secondary N) is 2. The molecule has 3 amide bonds. The lowest BCUT2D eigenvalue weighted by molar-refractivity contribution is 0.140. The summed E-state index contributed by atoms with van der Waals surface area (Å²) in [7, 11) is 0. The van der Waals surface area contributed by atoms with Crippen LogP contribution in [-0.2, 0) is 17.7 Å². The predicted octanol–water partition coefficient (Wildman–Crippen LogP) is 4.01. The van der Waals surface area contributed by atoms with Gasteiger partial charge in [0.25, 0.3) is 0 Å². The molecule has 7 nitrogen and oxygen atoms in total. The first-order valence-corrected chi connectivity index (χ1v) is 10.4. The van der Waals surface area contributed by atoms with Crippen LogP contribution in [0.25, 0.3) is 0 Å². The number of amides is 3. The van der Waals surface area contributed by atoms with Gasteiger partial charge in [-0.1, -0.05) is 48.9 Å². The van der Waals surface area contributed by atoms with Gasteiger partial charge in [-0.3, -0.25) is 5.32 Å². The molecule has 2 aromatic rings. The molecule has 8 heteroatoms. The Labute approximate surface area is 182 Å². The van der Waals surface area contributed by atoms with Crippen molar-refractivity contribution in [3.05, 3.63) is 64.7 Å². The fourth-order valence-electron chi connectivity index (χ4n) is 2.75. The Morgan fingerprint density at radius 3 is 2.50 bits per heavy atom. The van der Waals surface area contributed by atoms with E-state index >= 15 is 0 Å². The monoisotopic (exact) mass is 432 g/mol. The lowest BCUT2D eigenvalue weighted by Gasteiger charge is -2.23. The quantitative estimate of drug-likeness (QED) is 0.528. The van der Waals surface area contributed by atoms with Crippen LogP contribution in [0.3, 0.4) is 0 Å². The first-order valence-electron chi connectivity index (χ1n) is 10.0.